The van der Waals surface area contributed by atoms with Crippen molar-refractivity contribution in [3.05, 3.63) is 60.8 Å². The Kier molecular flexibility index (Phi) is 7.36. The molecule has 0 fully saturated rings. The number of aromatic nitrogens is 2. The number of hydrogen-bond acceptors (Lipinski definition) is 5. The number of esters is 1. The smallest absolute Gasteiger partial charge is 0.305 e. The zero-order valence-electron chi connectivity index (χ0n) is 16.4. The highest BCUT2D eigenvalue weighted by Gasteiger charge is 2.12. The third kappa shape index (κ3) is 5.52. The average Bonchev–Trinajstić information content (AvgIpc) is 2.74. The lowest BCUT2D eigenvalue weighted by molar-refractivity contribution is -0.143. The van der Waals surface area contributed by atoms with Crippen LogP contribution in [0.5, 0.6) is 0 Å². The van der Waals surface area contributed by atoms with Gasteiger partial charge in [-0.15, -0.1) is 0 Å². The quantitative estimate of drug-likeness (QED) is 0.355. The normalized spacial score (nSPS) is 10.8. The van der Waals surface area contributed by atoms with Gasteiger partial charge >= 0.3 is 5.97 Å². The van der Waals surface area contributed by atoms with E-state index in [1.54, 1.807) is 0 Å². The van der Waals surface area contributed by atoms with Crippen LogP contribution in [0.3, 0.4) is 0 Å². The second kappa shape index (κ2) is 10.4. The predicted molar refractivity (Wildman–Crippen MR) is 113 cm³/mol. The molecule has 0 aliphatic carbocycles. The maximum Gasteiger partial charge on any atom is 0.305 e. The molecule has 0 aliphatic heterocycles. The van der Waals surface area contributed by atoms with E-state index in [-0.39, 0.29) is 5.97 Å². The van der Waals surface area contributed by atoms with E-state index in [0.29, 0.717) is 13.0 Å². The molecule has 0 bridgehead atoms. The maximum atomic E-state index is 11.4. The molecule has 0 amide bonds. The third-order valence-electron chi connectivity index (χ3n) is 4.60. The molecule has 0 unspecified atom stereocenters. The van der Waals surface area contributed by atoms with Gasteiger partial charge in [-0.25, -0.2) is 9.97 Å². The molecule has 146 valence electrons. The largest absolute Gasteiger partial charge is 0.466 e. The summed E-state index contributed by atoms with van der Waals surface area (Å²) in [4.78, 5) is 22.9. The van der Waals surface area contributed by atoms with E-state index in [1.807, 2.05) is 49.5 Å². The van der Waals surface area contributed by atoms with Crippen LogP contribution in [0, 0.1) is 0 Å². The molecule has 28 heavy (non-hydrogen) atoms. The van der Waals surface area contributed by atoms with Gasteiger partial charge in [0.2, 0.25) is 0 Å². The van der Waals surface area contributed by atoms with E-state index in [9.17, 15) is 4.79 Å². The number of ether oxygens (including phenoxy) is 1. The first-order chi connectivity index (χ1) is 13.8. The van der Waals surface area contributed by atoms with Crippen molar-refractivity contribution < 1.29 is 9.53 Å². The molecule has 5 heteroatoms. The van der Waals surface area contributed by atoms with Crippen LogP contribution in [0.4, 0.5) is 11.6 Å². The van der Waals surface area contributed by atoms with E-state index >= 15 is 0 Å². The Bertz CT molecular complexity index is 883. The Morgan fingerprint density at radius 3 is 2.57 bits per heavy atom. The highest BCUT2D eigenvalue weighted by Crippen LogP contribution is 2.24. The Balaban J connectivity index is 1.62. The fourth-order valence-corrected chi connectivity index (χ4v) is 3.19. The highest BCUT2D eigenvalue weighted by molar-refractivity contribution is 5.80. The molecular formula is C23H27N3O2. The van der Waals surface area contributed by atoms with E-state index in [4.69, 9.17) is 9.72 Å². The van der Waals surface area contributed by atoms with Crippen LogP contribution < -0.4 is 4.90 Å². The van der Waals surface area contributed by atoms with Crippen LogP contribution in [0.1, 0.15) is 39.0 Å². The van der Waals surface area contributed by atoms with Crippen molar-refractivity contribution in [2.75, 3.05) is 18.1 Å². The SMILES string of the molecule is CCOC(=O)CCCCCCN(c1ccccn1)c1ccc2ccccc2n1. The van der Waals surface area contributed by atoms with Gasteiger partial charge in [-0.05, 0) is 50.1 Å². The van der Waals surface area contributed by atoms with Gasteiger partial charge in [0.1, 0.15) is 11.6 Å². The summed E-state index contributed by atoms with van der Waals surface area (Å²) in [5.41, 5.74) is 0.982. The first kappa shape index (κ1) is 19.8. The molecule has 0 aliphatic rings. The molecule has 0 spiro atoms. The molecule has 1 aromatic carbocycles. The molecule has 3 aromatic rings. The summed E-state index contributed by atoms with van der Waals surface area (Å²) in [6.45, 7) is 3.13. The minimum absolute atomic E-state index is 0.0991. The number of carbonyl (C=O) groups is 1. The van der Waals surface area contributed by atoms with Crippen molar-refractivity contribution in [1.29, 1.82) is 0 Å². The number of anilines is 2. The van der Waals surface area contributed by atoms with Crippen molar-refractivity contribution in [2.24, 2.45) is 0 Å². The number of fused-ring (bicyclic) bond motifs is 1. The molecule has 2 aromatic heterocycles. The van der Waals surface area contributed by atoms with E-state index in [2.05, 4.69) is 28.1 Å². The van der Waals surface area contributed by atoms with Crippen molar-refractivity contribution in [3.63, 3.8) is 0 Å². The van der Waals surface area contributed by atoms with Gasteiger partial charge in [-0.1, -0.05) is 37.1 Å². The van der Waals surface area contributed by atoms with E-state index in [1.165, 1.54) is 0 Å². The lowest BCUT2D eigenvalue weighted by atomic mass is 10.1. The first-order valence-electron chi connectivity index (χ1n) is 9.98. The van der Waals surface area contributed by atoms with Gasteiger partial charge in [0.15, 0.2) is 0 Å². The summed E-state index contributed by atoms with van der Waals surface area (Å²) in [5, 5.41) is 1.13. The Morgan fingerprint density at radius 2 is 1.75 bits per heavy atom. The van der Waals surface area contributed by atoms with Gasteiger partial charge in [0.05, 0.1) is 12.1 Å². The highest BCUT2D eigenvalue weighted by atomic mass is 16.5. The lowest BCUT2D eigenvalue weighted by Gasteiger charge is -2.23. The van der Waals surface area contributed by atoms with Crippen molar-refractivity contribution in [1.82, 2.24) is 9.97 Å². The minimum Gasteiger partial charge on any atom is -0.466 e. The number of unbranched alkanes of at least 4 members (excludes halogenated alkanes) is 3. The molecule has 0 saturated heterocycles. The minimum atomic E-state index is -0.0991. The second-order valence-electron chi connectivity index (χ2n) is 6.67. The van der Waals surface area contributed by atoms with Crippen LogP contribution >= 0.6 is 0 Å². The predicted octanol–water partition coefficient (Wildman–Crippen LogP) is 5.28. The van der Waals surface area contributed by atoms with Gasteiger partial charge in [-0.3, -0.25) is 4.79 Å². The van der Waals surface area contributed by atoms with Gasteiger partial charge in [-0.2, -0.15) is 0 Å². The fourth-order valence-electron chi connectivity index (χ4n) is 3.19. The van der Waals surface area contributed by atoms with Gasteiger partial charge < -0.3 is 9.64 Å². The molecule has 2 heterocycles. The summed E-state index contributed by atoms with van der Waals surface area (Å²) in [5.74, 6) is 1.71. The van der Waals surface area contributed by atoms with E-state index in [0.717, 1.165) is 54.8 Å². The number of benzene rings is 1. The third-order valence-corrected chi connectivity index (χ3v) is 4.60. The fraction of sp³-hybridized carbons (Fsp3) is 0.348. The van der Waals surface area contributed by atoms with Crippen molar-refractivity contribution >= 4 is 28.5 Å². The summed E-state index contributed by atoms with van der Waals surface area (Å²) in [7, 11) is 0. The van der Waals surface area contributed by atoms with E-state index < -0.39 is 0 Å². The van der Waals surface area contributed by atoms with Gasteiger partial charge in [0.25, 0.3) is 0 Å². The Hall–Kier alpha value is -2.95. The molecule has 5 nitrogen and oxygen atoms in total. The molecule has 0 saturated carbocycles. The maximum absolute atomic E-state index is 11.4. The zero-order valence-corrected chi connectivity index (χ0v) is 16.4. The molecule has 0 radical (unpaired) electrons. The lowest BCUT2D eigenvalue weighted by Crippen LogP contribution is -2.20. The number of para-hydroxylation sites is 1. The molecule has 3 rings (SSSR count). The molecular weight excluding hydrogens is 350 g/mol. The summed E-state index contributed by atoms with van der Waals surface area (Å²) < 4.78 is 4.97. The number of hydrogen-bond donors (Lipinski definition) is 0. The van der Waals surface area contributed by atoms with Crippen molar-refractivity contribution in [2.45, 2.75) is 39.0 Å². The Labute approximate surface area is 166 Å². The molecule has 0 atom stereocenters. The molecule has 0 N–H and O–H groups in total. The first-order valence-corrected chi connectivity index (χ1v) is 9.98. The summed E-state index contributed by atoms with van der Waals surface area (Å²) in [6.07, 6.45) is 6.26. The van der Waals surface area contributed by atoms with Crippen LogP contribution in [-0.4, -0.2) is 29.1 Å². The van der Waals surface area contributed by atoms with Crippen LogP contribution in [0.2, 0.25) is 0 Å². The van der Waals surface area contributed by atoms with Crippen LogP contribution in [-0.2, 0) is 9.53 Å². The second-order valence-corrected chi connectivity index (χ2v) is 6.67. The number of rotatable bonds is 10. The number of pyridine rings is 2. The number of nitrogens with zero attached hydrogens (tertiary/aromatic N) is 3. The summed E-state index contributed by atoms with van der Waals surface area (Å²) >= 11 is 0. The monoisotopic (exact) mass is 377 g/mol. The Morgan fingerprint density at radius 1 is 0.929 bits per heavy atom. The number of carbonyl (C=O) groups excluding carboxylic acids is 1. The average molecular weight is 377 g/mol. The van der Waals surface area contributed by atoms with Crippen LogP contribution in [0.25, 0.3) is 10.9 Å². The van der Waals surface area contributed by atoms with Crippen molar-refractivity contribution in [3.8, 4) is 0 Å². The van der Waals surface area contributed by atoms with Crippen LogP contribution in [0.15, 0.2) is 60.8 Å². The standard InChI is InChI=1S/C23H27N3O2/c1-2-28-23(27)14-5-3-4-10-18-26(21-13-8-9-17-24-21)22-16-15-19-11-6-7-12-20(19)25-22/h6-9,11-13,15-17H,2-5,10,14,18H2,1H3. The van der Waals surface area contributed by atoms with Gasteiger partial charge in [0, 0.05) is 24.5 Å². The summed E-state index contributed by atoms with van der Waals surface area (Å²) in [6, 6.07) is 18.2. The topological polar surface area (TPSA) is 55.3 Å². The zero-order chi connectivity index (χ0) is 19.6.